The average Bonchev–Trinajstić information content (AvgIpc) is 2.54. The van der Waals surface area contributed by atoms with Crippen molar-refractivity contribution in [1.29, 1.82) is 0 Å². The Hall–Kier alpha value is -1.68. The fourth-order valence-electron chi connectivity index (χ4n) is 4.63. The van der Waals surface area contributed by atoms with Crippen molar-refractivity contribution < 1.29 is 19.1 Å². The summed E-state index contributed by atoms with van der Waals surface area (Å²) in [6.07, 6.45) is 3.78. The molecule has 1 aromatic carbocycles. The lowest BCUT2D eigenvalue weighted by Gasteiger charge is -2.45. The van der Waals surface area contributed by atoms with Gasteiger partial charge in [0.15, 0.2) is 5.78 Å². The third-order valence-electron chi connectivity index (χ3n) is 5.65. The summed E-state index contributed by atoms with van der Waals surface area (Å²) in [5.74, 6) is -1.31. The van der Waals surface area contributed by atoms with Crippen molar-refractivity contribution in [1.82, 2.24) is 0 Å². The minimum Gasteiger partial charge on any atom is -0.434 e. The minimum absolute atomic E-state index is 0.0136. The molecule has 4 nitrogen and oxygen atoms in total. The molecule has 24 heavy (non-hydrogen) atoms. The van der Waals surface area contributed by atoms with Crippen molar-refractivity contribution in [2.24, 2.45) is 5.41 Å². The van der Waals surface area contributed by atoms with Crippen molar-refractivity contribution in [2.75, 3.05) is 7.11 Å². The lowest BCUT2D eigenvalue weighted by Crippen LogP contribution is -2.55. The van der Waals surface area contributed by atoms with E-state index in [1.165, 1.54) is 7.11 Å². The molecular formula is C20H26O4. The van der Waals surface area contributed by atoms with Crippen LogP contribution in [0.2, 0.25) is 0 Å². The highest BCUT2D eigenvalue weighted by atomic mass is 16.7. The van der Waals surface area contributed by atoms with Crippen LogP contribution in [-0.2, 0) is 19.1 Å². The molecule has 0 bridgehead atoms. The summed E-state index contributed by atoms with van der Waals surface area (Å²) >= 11 is 0. The number of carbonyl (C=O) groups is 2. The van der Waals surface area contributed by atoms with Gasteiger partial charge in [0.25, 0.3) is 0 Å². The molecule has 2 unspecified atom stereocenters. The smallest absolute Gasteiger partial charge is 0.323 e. The van der Waals surface area contributed by atoms with Gasteiger partial charge in [0.05, 0.1) is 5.41 Å². The van der Waals surface area contributed by atoms with Gasteiger partial charge in [0, 0.05) is 7.11 Å². The van der Waals surface area contributed by atoms with Gasteiger partial charge >= 0.3 is 5.97 Å². The predicted molar refractivity (Wildman–Crippen MR) is 90.8 cm³/mol. The van der Waals surface area contributed by atoms with Crippen LogP contribution in [0.4, 0.5) is 0 Å². The van der Waals surface area contributed by atoms with Crippen molar-refractivity contribution in [3.8, 4) is 0 Å². The summed E-state index contributed by atoms with van der Waals surface area (Å²) in [4.78, 5) is 26.2. The Morgan fingerprint density at radius 3 is 2.17 bits per heavy atom. The average molecular weight is 330 g/mol. The zero-order chi connectivity index (χ0) is 17.5. The molecule has 130 valence electrons. The van der Waals surface area contributed by atoms with Gasteiger partial charge in [0.1, 0.15) is 5.92 Å². The highest BCUT2D eigenvalue weighted by Crippen LogP contribution is 2.49. The monoisotopic (exact) mass is 330 g/mol. The summed E-state index contributed by atoms with van der Waals surface area (Å²) in [5.41, 5.74) is 3.21. The molecule has 1 aliphatic heterocycles. The first-order valence-corrected chi connectivity index (χ1v) is 8.76. The zero-order valence-electron chi connectivity index (χ0n) is 15.0. The molecule has 2 aliphatic rings. The molecule has 1 saturated carbocycles. The Labute approximate surface area is 143 Å². The van der Waals surface area contributed by atoms with E-state index in [9.17, 15) is 9.59 Å². The van der Waals surface area contributed by atoms with Gasteiger partial charge in [0.2, 0.25) is 6.29 Å². The van der Waals surface area contributed by atoms with E-state index in [4.69, 9.17) is 9.47 Å². The number of cyclic esters (lactones) is 1. The largest absolute Gasteiger partial charge is 0.434 e. The second kappa shape index (κ2) is 6.32. The molecule has 0 aromatic heterocycles. The molecule has 1 aliphatic carbocycles. The van der Waals surface area contributed by atoms with Crippen LogP contribution in [0.15, 0.2) is 12.1 Å². The van der Waals surface area contributed by atoms with Crippen molar-refractivity contribution in [3.05, 3.63) is 34.4 Å². The summed E-state index contributed by atoms with van der Waals surface area (Å²) in [5, 5.41) is 0. The van der Waals surface area contributed by atoms with Gasteiger partial charge in [-0.1, -0.05) is 37.0 Å². The Morgan fingerprint density at radius 1 is 1.04 bits per heavy atom. The second-order valence-electron chi connectivity index (χ2n) is 7.33. The molecule has 1 heterocycles. The number of carbonyl (C=O) groups excluding carboxylic acids is 2. The third-order valence-corrected chi connectivity index (χ3v) is 5.65. The van der Waals surface area contributed by atoms with E-state index in [-0.39, 0.29) is 5.78 Å². The molecule has 2 fully saturated rings. The number of hydrogen-bond donors (Lipinski definition) is 0. The van der Waals surface area contributed by atoms with Crippen LogP contribution in [-0.4, -0.2) is 25.2 Å². The first kappa shape index (κ1) is 17.2. The van der Waals surface area contributed by atoms with Gasteiger partial charge in [-0.15, -0.1) is 0 Å². The minimum atomic E-state index is -0.824. The Bertz CT molecular complexity index is 647. The number of hydrogen-bond acceptors (Lipinski definition) is 4. The molecule has 0 N–H and O–H groups in total. The highest BCUT2D eigenvalue weighted by Gasteiger charge is 2.57. The molecule has 1 aromatic rings. The number of rotatable bonds is 2. The molecule has 0 amide bonds. The maximum Gasteiger partial charge on any atom is 0.323 e. The van der Waals surface area contributed by atoms with Gasteiger partial charge in [-0.05, 0) is 50.3 Å². The van der Waals surface area contributed by atoms with E-state index >= 15 is 0 Å². The van der Waals surface area contributed by atoms with Crippen LogP contribution in [0.3, 0.4) is 0 Å². The highest BCUT2D eigenvalue weighted by molar-refractivity contribution is 6.09. The lowest BCUT2D eigenvalue weighted by atomic mass is 9.64. The SMILES string of the molecule is COC1OC(=O)C(c2c(C)cc(C)cc2C)C(=O)C12CCCCC2. The van der Waals surface area contributed by atoms with Gasteiger partial charge < -0.3 is 9.47 Å². The standard InChI is InChI=1S/C20H26O4/c1-12-10-13(2)15(14(3)11-12)16-17(21)20(8-6-5-7-9-20)19(23-4)24-18(16)22/h10-11,16,19H,5-9H2,1-4H3. The van der Waals surface area contributed by atoms with E-state index in [0.717, 1.165) is 54.4 Å². The first-order valence-electron chi connectivity index (χ1n) is 8.76. The zero-order valence-corrected chi connectivity index (χ0v) is 15.0. The van der Waals surface area contributed by atoms with Crippen LogP contribution < -0.4 is 0 Å². The summed E-state index contributed by atoms with van der Waals surface area (Å²) in [7, 11) is 1.52. The van der Waals surface area contributed by atoms with E-state index < -0.39 is 23.6 Å². The second-order valence-corrected chi connectivity index (χ2v) is 7.33. The van der Waals surface area contributed by atoms with Crippen LogP contribution in [0.25, 0.3) is 0 Å². The Balaban J connectivity index is 2.09. The Kier molecular flexibility index (Phi) is 4.52. The van der Waals surface area contributed by atoms with Crippen molar-refractivity contribution in [2.45, 2.75) is 65.1 Å². The number of benzene rings is 1. The molecule has 4 heteroatoms. The van der Waals surface area contributed by atoms with Crippen molar-refractivity contribution >= 4 is 11.8 Å². The van der Waals surface area contributed by atoms with Crippen LogP contribution in [0, 0.1) is 26.2 Å². The molecule has 1 spiro atoms. The third kappa shape index (κ3) is 2.57. The molecule has 2 atom stereocenters. The fraction of sp³-hybridized carbons (Fsp3) is 0.600. The first-order chi connectivity index (χ1) is 11.4. The van der Waals surface area contributed by atoms with E-state index in [2.05, 4.69) is 0 Å². The van der Waals surface area contributed by atoms with E-state index in [0.29, 0.717) is 0 Å². The normalized spacial score (nSPS) is 26.5. The number of ether oxygens (including phenoxy) is 2. The Morgan fingerprint density at radius 2 is 1.62 bits per heavy atom. The summed E-state index contributed by atoms with van der Waals surface area (Å²) in [6, 6.07) is 4.05. The summed E-state index contributed by atoms with van der Waals surface area (Å²) < 4.78 is 11.0. The molecule has 0 radical (unpaired) electrons. The fourth-order valence-corrected chi connectivity index (χ4v) is 4.63. The van der Waals surface area contributed by atoms with Crippen LogP contribution in [0.5, 0.6) is 0 Å². The number of Topliss-reactive ketones (excluding diaryl/α,β-unsaturated/α-hetero) is 1. The number of ketones is 1. The maximum atomic E-state index is 13.5. The van der Waals surface area contributed by atoms with Gasteiger partial charge in [-0.25, -0.2) is 0 Å². The number of aryl methyl sites for hydroxylation is 3. The maximum absolute atomic E-state index is 13.5. The van der Waals surface area contributed by atoms with E-state index in [1.807, 2.05) is 32.9 Å². The van der Waals surface area contributed by atoms with Crippen LogP contribution in [0.1, 0.15) is 60.3 Å². The van der Waals surface area contributed by atoms with Crippen LogP contribution >= 0.6 is 0 Å². The predicted octanol–water partition coefficient (Wildman–Crippen LogP) is 3.74. The lowest BCUT2D eigenvalue weighted by molar-refractivity contribution is -0.222. The topological polar surface area (TPSA) is 52.6 Å². The molecule has 3 rings (SSSR count). The van der Waals surface area contributed by atoms with Gasteiger partial charge in [-0.2, -0.15) is 0 Å². The number of methoxy groups -OCH3 is 1. The van der Waals surface area contributed by atoms with E-state index in [1.54, 1.807) is 0 Å². The van der Waals surface area contributed by atoms with Crippen molar-refractivity contribution in [3.63, 3.8) is 0 Å². The quantitative estimate of drug-likeness (QED) is 0.612. The molecule has 1 saturated heterocycles. The summed E-state index contributed by atoms with van der Waals surface area (Å²) in [6.45, 7) is 5.95. The van der Waals surface area contributed by atoms with Gasteiger partial charge in [-0.3, -0.25) is 9.59 Å². The number of esters is 1. The molecular weight excluding hydrogens is 304 g/mol.